The molecule has 0 fully saturated rings. The first-order valence-electron chi connectivity index (χ1n) is 6.10. The molecule has 0 bridgehead atoms. The fourth-order valence-electron chi connectivity index (χ4n) is 1.83. The Bertz CT molecular complexity index is 604. The molecule has 0 atom stereocenters. The minimum Gasteiger partial charge on any atom is -0.485 e. The zero-order valence-corrected chi connectivity index (χ0v) is 12.4. The summed E-state index contributed by atoms with van der Waals surface area (Å²) in [7, 11) is 1.80. The highest BCUT2D eigenvalue weighted by Gasteiger charge is 2.10. The topological polar surface area (TPSA) is 21.3 Å². The molecule has 0 aliphatic carbocycles. The van der Waals surface area contributed by atoms with Gasteiger partial charge in [-0.2, -0.15) is 0 Å². The molecule has 0 aliphatic rings. The summed E-state index contributed by atoms with van der Waals surface area (Å²) in [4.78, 5) is 0. The molecule has 0 saturated carbocycles. The Hall–Kier alpha value is -1.29. The minimum absolute atomic E-state index is 0.231. The zero-order chi connectivity index (χ0) is 14.5. The van der Waals surface area contributed by atoms with Crippen molar-refractivity contribution >= 4 is 23.2 Å². The highest BCUT2D eigenvalue weighted by molar-refractivity contribution is 6.42. The van der Waals surface area contributed by atoms with Crippen molar-refractivity contribution in [2.24, 2.45) is 0 Å². The molecule has 0 unspecified atom stereocenters. The van der Waals surface area contributed by atoms with Crippen LogP contribution in [-0.4, -0.2) is 7.05 Å². The van der Waals surface area contributed by atoms with Crippen LogP contribution in [0.15, 0.2) is 36.4 Å². The lowest BCUT2D eigenvalue weighted by atomic mass is 10.2. The van der Waals surface area contributed by atoms with E-state index in [2.05, 4.69) is 5.32 Å². The molecular formula is C15H14Cl2FNO. The monoisotopic (exact) mass is 313 g/mol. The summed E-state index contributed by atoms with van der Waals surface area (Å²) in [6, 6.07) is 10.1. The third-order valence-corrected chi connectivity index (χ3v) is 3.52. The fourth-order valence-corrected chi connectivity index (χ4v) is 2.15. The summed E-state index contributed by atoms with van der Waals surface area (Å²) in [6.07, 6.45) is 0. The number of halogens is 3. The van der Waals surface area contributed by atoms with Gasteiger partial charge in [0.15, 0.2) is 11.6 Å². The van der Waals surface area contributed by atoms with Gasteiger partial charge in [-0.1, -0.05) is 41.4 Å². The second-order valence-electron chi connectivity index (χ2n) is 4.30. The molecule has 2 aromatic carbocycles. The van der Waals surface area contributed by atoms with Crippen LogP contribution >= 0.6 is 23.2 Å². The van der Waals surface area contributed by atoms with Gasteiger partial charge in [0, 0.05) is 12.1 Å². The van der Waals surface area contributed by atoms with E-state index < -0.39 is 0 Å². The van der Waals surface area contributed by atoms with Crippen LogP contribution in [0.25, 0.3) is 0 Å². The van der Waals surface area contributed by atoms with Crippen LogP contribution in [-0.2, 0) is 13.2 Å². The molecule has 0 radical (unpaired) electrons. The van der Waals surface area contributed by atoms with E-state index in [1.165, 1.54) is 6.07 Å². The van der Waals surface area contributed by atoms with Crippen LogP contribution in [0.1, 0.15) is 11.1 Å². The lowest BCUT2D eigenvalue weighted by Crippen LogP contribution is -2.08. The smallest absolute Gasteiger partial charge is 0.165 e. The number of para-hydroxylation sites is 1. The molecule has 0 saturated heterocycles. The van der Waals surface area contributed by atoms with Crippen LogP contribution < -0.4 is 10.1 Å². The molecule has 106 valence electrons. The van der Waals surface area contributed by atoms with E-state index in [4.69, 9.17) is 27.9 Å². The molecule has 2 rings (SSSR count). The Morgan fingerprint density at radius 1 is 1.15 bits per heavy atom. The minimum atomic E-state index is -0.377. The Labute approximate surface area is 127 Å². The lowest BCUT2D eigenvalue weighted by molar-refractivity contribution is 0.286. The Kier molecular flexibility index (Phi) is 5.24. The van der Waals surface area contributed by atoms with Crippen LogP contribution in [0.4, 0.5) is 4.39 Å². The van der Waals surface area contributed by atoms with Gasteiger partial charge in [0.05, 0.1) is 10.0 Å². The Morgan fingerprint density at radius 2 is 1.95 bits per heavy atom. The van der Waals surface area contributed by atoms with Crippen molar-refractivity contribution in [3.8, 4) is 5.75 Å². The lowest BCUT2D eigenvalue weighted by Gasteiger charge is -2.12. The van der Waals surface area contributed by atoms with Gasteiger partial charge in [0.1, 0.15) is 6.61 Å². The number of benzene rings is 2. The van der Waals surface area contributed by atoms with Crippen molar-refractivity contribution < 1.29 is 9.13 Å². The van der Waals surface area contributed by atoms with Crippen LogP contribution in [0.2, 0.25) is 10.0 Å². The van der Waals surface area contributed by atoms with E-state index in [9.17, 15) is 4.39 Å². The van der Waals surface area contributed by atoms with Gasteiger partial charge in [-0.25, -0.2) is 4.39 Å². The highest BCUT2D eigenvalue weighted by Crippen LogP contribution is 2.26. The van der Waals surface area contributed by atoms with Gasteiger partial charge in [-0.15, -0.1) is 0 Å². The van der Waals surface area contributed by atoms with Gasteiger partial charge in [0.25, 0.3) is 0 Å². The van der Waals surface area contributed by atoms with Gasteiger partial charge in [0.2, 0.25) is 0 Å². The van der Waals surface area contributed by atoms with E-state index in [-0.39, 0.29) is 18.2 Å². The normalized spacial score (nSPS) is 10.6. The zero-order valence-electron chi connectivity index (χ0n) is 10.9. The first-order chi connectivity index (χ1) is 9.61. The second-order valence-corrected chi connectivity index (χ2v) is 5.11. The molecule has 0 aromatic heterocycles. The molecule has 20 heavy (non-hydrogen) atoms. The van der Waals surface area contributed by atoms with E-state index in [1.807, 2.05) is 6.07 Å². The molecule has 0 spiro atoms. The molecule has 2 nitrogen and oxygen atoms in total. The van der Waals surface area contributed by atoms with E-state index in [1.54, 1.807) is 31.3 Å². The van der Waals surface area contributed by atoms with Gasteiger partial charge >= 0.3 is 0 Å². The predicted octanol–water partition coefficient (Wildman–Crippen LogP) is 4.43. The summed E-state index contributed by atoms with van der Waals surface area (Å²) in [5.41, 5.74) is 1.60. The van der Waals surface area contributed by atoms with Crippen molar-refractivity contribution in [1.82, 2.24) is 5.32 Å². The van der Waals surface area contributed by atoms with Gasteiger partial charge in [-0.3, -0.25) is 0 Å². The SMILES string of the molecule is CNCc1cccc(F)c1OCc1ccc(Cl)c(Cl)c1. The van der Waals surface area contributed by atoms with Crippen LogP contribution in [0, 0.1) is 5.82 Å². The Morgan fingerprint density at radius 3 is 2.65 bits per heavy atom. The molecule has 0 aliphatic heterocycles. The van der Waals surface area contributed by atoms with Gasteiger partial charge in [-0.05, 0) is 30.8 Å². The highest BCUT2D eigenvalue weighted by atomic mass is 35.5. The maximum absolute atomic E-state index is 13.8. The molecule has 0 heterocycles. The first kappa shape index (κ1) is 15.1. The van der Waals surface area contributed by atoms with Crippen molar-refractivity contribution in [1.29, 1.82) is 0 Å². The van der Waals surface area contributed by atoms with Crippen LogP contribution in [0.3, 0.4) is 0 Å². The van der Waals surface area contributed by atoms with Crippen molar-refractivity contribution in [2.45, 2.75) is 13.2 Å². The fraction of sp³-hybridized carbons (Fsp3) is 0.200. The average Bonchev–Trinajstić information content (AvgIpc) is 2.42. The van der Waals surface area contributed by atoms with Crippen LogP contribution in [0.5, 0.6) is 5.75 Å². The van der Waals surface area contributed by atoms with E-state index in [0.29, 0.717) is 16.6 Å². The summed E-state index contributed by atoms with van der Waals surface area (Å²) in [5.74, 6) is -0.120. The predicted molar refractivity (Wildman–Crippen MR) is 80.0 cm³/mol. The number of rotatable bonds is 5. The molecule has 2 aromatic rings. The first-order valence-corrected chi connectivity index (χ1v) is 6.86. The summed E-state index contributed by atoms with van der Waals surface area (Å²) in [5, 5.41) is 3.92. The molecule has 0 amide bonds. The quantitative estimate of drug-likeness (QED) is 0.881. The number of hydrogen-bond acceptors (Lipinski definition) is 2. The molecule has 1 N–H and O–H groups in total. The number of hydrogen-bond donors (Lipinski definition) is 1. The third kappa shape index (κ3) is 3.63. The van der Waals surface area contributed by atoms with Gasteiger partial charge < -0.3 is 10.1 Å². The van der Waals surface area contributed by atoms with Crippen molar-refractivity contribution in [2.75, 3.05) is 7.05 Å². The standard InChI is InChI=1S/C15H14Cl2FNO/c1-19-8-11-3-2-4-14(18)15(11)20-9-10-5-6-12(16)13(17)7-10/h2-7,19H,8-9H2,1H3. The Balaban J connectivity index is 2.15. The summed E-state index contributed by atoms with van der Waals surface area (Å²) in [6.45, 7) is 0.767. The largest absolute Gasteiger partial charge is 0.485 e. The molecule has 5 heteroatoms. The molecular weight excluding hydrogens is 300 g/mol. The maximum atomic E-state index is 13.8. The third-order valence-electron chi connectivity index (χ3n) is 2.78. The number of nitrogens with one attached hydrogen (secondary N) is 1. The maximum Gasteiger partial charge on any atom is 0.165 e. The summed E-state index contributed by atoms with van der Waals surface area (Å²) < 4.78 is 19.4. The van der Waals surface area contributed by atoms with E-state index >= 15 is 0 Å². The summed E-state index contributed by atoms with van der Waals surface area (Å²) >= 11 is 11.8. The van der Waals surface area contributed by atoms with Crippen molar-refractivity contribution in [3.05, 3.63) is 63.4 Å². The average molecular weight is 314 g/mol. The van der Waals surface area contributed by atoms with E-state index in [0.717, 1.165) is 11.1 Å². The number of ether oxygens (including phenoxy) is 1. The van der Waals surface area contributed by atoms with Crippen molar-refractivity contribution in [3.63, 3.8) is 0 Å². The second kappa shape index (κ2) is 6.93.